The van der Waals surface area contributed by atoms with E-state index in [4.69, 9.17) is 0 Å². The van der Waals surface area contributed by atoms with E-state index in [1.54, 1.807) is 19.3 Å². The molecule has 4 fully saturated rings. The quantitative estimate of drug-likeness (QED) is 0.704. The lowest BCUT2D eigenvalue weighted by atomic mass is 9.57. The summed E-state index contributed by atoms with van der Waals surface area (Å²) in [6.45, 7) is 5.25. The van der Waals surface area contributed by atoms with Gasteiger partial charge in [0.25, 0.3) is 0 Å². The Bertz CT molecular complexity index is 281. The normalized spacial score (nSPS) is 49.5. The molecule has 16 heavy (non-hydrogen) atoms. The number of hydrogen-bond acceptors (Lipinski definition) is 2. The van der Waals surface area contributed by atoms with Crippen LogP contribution in [-0.2, 0) is 0 Å². The summed E-state index contributed by atoms with van der Waals surface area (Å²) in [4.78, 5) is 0. The van der Waals surface area contributed by atoms with E-state index in [9.17, 15) is 0 Å². The number of hydrogen-bond donors (Lipinski definition) is 2. The Morgan fingerprint density at radius 3 is 2.06 bits per heavy atom. The first-order valence-electron chi connectivity index (χ1n) is 7.21. The maximum absolute atomic E-state index is 3.55. The van der Waals surface area contributed by atoms with Gasteiger partial charge in [-0.05, 0) is 67.7 Å². The molecule has 2 heterocycles. The van der Waals surface area contributed by atoms with Gasteiger partial charge in [0.2, 0.25) is 0 Å². The van der Waals surface area contributed by atoms with Crippen LogP contribution >= 0.6 is 0 Å². The predicted octanol–water partition coefficient (Wildman–Crippen LogP) is 1.77. The molecule has 1 unspecified atom stereocenters. The zero-order valence-corrected chi connectivity index (χ0v) is 10.2. The van der Waals surface area contributed by atoms with Crippen molar-refractivity contribution in [1.29, 1.82) is 0 Å². The topological polar surface area (TPSA) is 24.1 Å². The van der Waals surface area contributed by atoms with Gasteiger partial charge < -0.3 is 10.6 Å². The van der Waals surface area contributed by atoms with Gasteiger partial charge in [-0.3, -0.25) is 0 Å². The fraction of sp³-hybridized carbons (Fsp3) is 1.00. The number of rotatable bonds is 1. The van der Waals surface area contributed by atoms with Crippen LogP contribution in [0.3, 0.4) is 0 Å². The van der Waals surface area contributed by atoms with Crippen molar-refractivity contribution in [1.82, 2.24) is 10.6 Å². The van der Waals surface area contributed by atoms with Crippen molar-refractivity contribution in [3.63, 3.8) is 0 Å². The molecule has 90 valence electrons. The second-order valence-electron chi connectivity index (χ2n) is 7.20. The van der Waals surface area contributed by atoms with E-state index in [2.05, 4.69) is 10.6 Å². The lowest BCUT2D eigenvalue weighted by Gasteiger charge is -2.48. The third-order valence-corrected chi connectivity index (χ3v) is 6.13. The summed E-state index contributed by atoms with van der Waals surface area (Å²) < 4.78 is 0. The Hall–Kier alpha value is -0.0800. The van der Waals surface area contributed by atoms with Gasteiger partial charge in [-0.25, -0.2) is 0 Å². The molecular formula is C14H24N2. The zero-order valence-electron chi connectivity index (χ0n) is 10.2. The third kappa shape index (κ3) is 1.32. The molecule has 4 rings (SSSR count). The van der Waals surface area contributed by atoms with E-state index in [1.165, 1.54) is 45.4 Å². The third-order valence-electron chi connectivity index (χ3n) is 6.13. The molecule has 0 radical (unpaired) electrons. The lowest BCUT2D eigenvalue weighted by Crippen LogP contribution is -2.52. The molecule has 4 aliphatic rings. The van der Waals surface area contributed by atoms with Crippen molar-refractivity contribution in [3.8, 4) is 0 Å². The van der Waals surface area contributed by atoms with Gasteiger partial charge in [0.1, 0.15) is 0 Å². The second kappa shape index (κ2) is 3.23. The molecule has 2 heteroatoms. The maximum atomic E-state index is 3.55. The van der Waals surface area contributed by atoms with Crippen molar-refractivity contribution >= 4 is 0 Å². The van der Waals surface area contributed by atoms with E-state index in [0.29, 0.717) is 0 Å². The summed E-state index contributed by atoms with van der Waals surface area (Å²) in [5.41, 5.74) is 1.53. The summed E-state index contributed by atoms with van der Waals surface area (Å²) in [6.07, 6.45) is 9.17. The van der Waals surface area contributed by atoms with E-state index in [-0.39, 0.29) is 0 Å². The van der Waals surface area contributed by atoms with Crippen LogP contribution in [0.1, 0.15) is 38.5 Å². The van der Waals surface area contributed by atoms with Crippen molar-refractivity contribution in [2.75, 3.05) is 26.2 Å². The molecule has 2 saturated heterocycles. The van der Waals surface area contributed by atoms with Crippen LogP contribution in [0.2, 0.25) is 0 Å². The summed E-state index contributed by atoms with van der Waals surface area (Å²) >= 11 is 0. The van der Waals surface area contributed by atoms with Crippen LogP contribution in [0.5, 0.6) is 0 Å². The minimum absolute atomic E-state index is 0.762. The van der Waals surface area contributed by atoms with Gasteiger partial charge >= 0.3 is 0 Å². The molecule has 2 nitrogen and oxygen atoms in total. The Morgan fingerprint density at radius 2 is 1.50 bits per heavy atom. The molecule has 0 bridgehead atoms. The molecule has 2 aliphatic carbocycles. The Morgan fingerprint density at radius 1 is 0.750 bits per heavy atom. The highest BCUT2D eigenvalue weighted by molar-refractivity contribution is 5.05. The summed E-state index contributed by atoms with van der Waals surface area (Å²) in [6, 6.07) is 0. The largest absolute Gasteiger partial charge is 0.316 e. The minimum Gasteiger partial charge on any atom is -0.316 e. The van der Waals surface area contributed by atoms with Gasteiger partial charge in [-0.15, -0.1) is 0 Å². The van der Waals surface area contributed by atoms with Gasteiger partial charge in [-0.2, -0.15) is 0 Å². The highest BCUT2D eigenvalue weighted by Crippen LogP contribution is 2.58. The fourth-order valence-corrected chi connectivity index (χ4v) is 4.98. The van der Waals surface area contributed by atoms with Gasteiger partial charge in [0, 0.05) is 19.6 Å². The van der Waals surface area contributed by atoms with E-state index in [1.807, 2.05) is 0 Å². The smallest absolute Gasteiger partial charge is 0.00203 e. The first kappa shape index (κ1) is 9.90. The molecular weight excluding hydrogens is 196 g/mol. The molecule has 2 aliphatic heterocycles. The lowest BCUT2D eigenvalue weighted by molar-refractivity contribution is 0.0276. The fourth-order valence-electron chi connectivity index (χ4n) is 4.98. The maximum Gasteiger partial charge on any atom is 0.00203 e. The average molecular weight is 220 g/mol. The van der Waals surface area contributed by atoms with Crippen molar-refractivity contribution in [3.05, 3.63) is 0 Å². The Kier molecular flexibility index (Phi) is 2.00. The SMILES string of the molecule is C1CC2(CN1)CC(C1CCC3(CNC3)C1)C2. The van der Waals surface area contributed by atoms with Crippen LogP contribution in [0.25, 0.3) is 0 Å². The molecule has 0 aromatic rings. The zero-order chi connectivity index (χ0) is 10.6. The first-order chi connectivity index (χ1) is 7.79. The first-order valence-corrected chi connectivity index (χ1v) is 7.21. The van der Waals surface area contributed by atoms with Gasteiger partial charge in [-0.1, -0.05) is 0 Å². The van der Waals surface area contributed by atoms with Crippen molar-refractivity contribution in [2.24, 2.45) is 22.7 Å². The van der Waals surface area contributed by atoms with Crippen molar-refractivity contribution in [2.45, 2.75) is 38.5 Å². The number of nitrogens with one attached hydrogen (secondary N) is 2. The van der Waals surface area contributed by atoms with Gasteiger partial charge in [0.15, 0.2) is 0 Å². The van der Waals surface area contributed by atoms with Crippen LogP contribution in [0.4, 0.5) is 0 Å². The molecule has 2 saturated carbocycles. The highest BCUT2D eigenvalue weighted by atomic mass is 15.0. The second-order valence-corrected chi connectivity index (χ2v) is 7.20. The minimum atomic E-state index is 0.762. The summed E-state index contributed by atoms with van der Waals surface area (Å²) in [7, 11) is 0. The molecule has 0 amide bonds. The molecule has 2 N–H and O–H groups in total. The van der Waals surface area contributed by atoms with Crippen LogP contribution in [0.15, 0.2) is 0 Å². The van der Waals surface area contributed by atoms with Crippen LogP contribution in [0, 0.1) is 22.7 Å². The molecule has 0 aromatic carbocycles. The van der Waals surface area contributed by atoms with Crippen molar-refractivity contribution < 1.29 is 0 Å². The van der Waals surface area contributed by atoms with E-state index in [0.717, 1.165) is 22.7 Å². The summed E-state index contributed by atoms with van der Waals surface area (Å²) in [5, 5.41) is 7.03. The monoisotopic (exact) mass is 220 g/mol. The van der Waals surface area contributed by atoms with E-state index < -0.39 is 0 Å². The summed E-state index contributed by atoms with van der Waals surface area (Å²) in [5.74, 6) is 2.19. The molecule has 0 aromatic heterocycles. The predicted molar refractivity (Wildman–Crippen MR) is 65.3 cm³/mol. The van der Waals surface area contributed by atoms with E-state index >= 15 is 0 Å². The Labute approximate surface area is 98.6 Å². The Balaban J connectivity index is 1.36. The molecule has 2 spiro atoms. The van der Waals surface area contributed by atoms with Crippen LogP contribution in [-0.4, -0.2) is 26.2 Å². The average Bonchev–Trinajstić information content (AvgIpc) is 2.81. The standard InChI is InChI=1S/C14H24N2/c1-2-14(9-16-10-14)5-11(1)12-6-13(7-12)3-4-15-8-13/h11-12,15-16H,1-10H2. The van der Waals surface area contributed by atoms with Gasteiger partial charge in [0.05, 0.1) is 0 Å². The molecule has 1 atom stereocenters. The highest BCUT2D eigenvalue weighted by Gasteiger charge is 2.52. The van der Waals surface area contributed by atoms with Crippen LogP contribution < -0.4 is 10.6 Å².